The summed E-state index contributed by atoms with van der Waals surface area (Å²) in [6.45, 7) is 8.53. The van der Waals surface area contributed by atoms with Gasteiger partial charge in [0.1, 0.15) is 0 Å². The highest BCUT2D eigenvalue weighted by atomic mass is 32.2. The van der Waals surface area contributed by atoms with Gasteiger partial charge in [-0.3, -0.25) is 4.79 Å². The van der Waals surface area contributed by atoms with Gasteiger partial charge in [0, 0.05) is 5.69 Å². The Bertz CT molecular complexity index is 934. The Labute approximate surface area is 169 Å². The Kier molecular flexibility index (Phi) is 6.46. The predicted molar refractivity (Wildman–Crippen MR) is 113 cm³/mol. The van der Waals surface area contributed by atoms with Gasteiger partial charge in [-0.15, -0.1) is 5.10 Å². The maximum Gasteiger partial charge on any atom is 0.234 e. The molecule has 0 aliphatic heterocycles. The van der Waals surface area contributed by atoms with Crippen LogP contribution in [0.3, 0.4) is 0 Å². The number of carbonyl (C=O) groups is 1. The lowest BCUT2D eigenvalue weighted by Gasteiger charge is -2.13. The van der Waals surface area contributed by atoms with Crippen LogP contribution in [0.1, 0.15) is 50.7 Å². The van der Waals surface area contributed by atoms with Crippen molar-refractivity contribution in [3.63, 3.8) is 0 Å². The molecule has 0 aliphatic rings. The van der Waals surface area contributed by atoms with Crippen LogP contribution in [-0.4, -0.2) is 31.9 Å². The lowest BCUT2D eigenvalue weighted by molar-refractivity contribution is -0.113. The van der Waals surface area contributed by atoms with E-state index in [4.69, 9.17) is 0 Å². The Morgan fingerprint density at radius 3 is 2.43 bits per heavy atom. The van der Waals surface area contributed by atoms with E-state index in [-0.39, 0.29) is 11.7 Å². The van der Waals surface area contributed by atoms with Gasteiger partial charge >= 0.3 is 0 Å². The molecule has 1 N–H and O–H groups in total. The van der Waals surface area contributed by atoms with E-state index in [9.17, 15) is 4.79 Å². The number of hydrogen-bond acceptors (Lipinski definition) is 5. The van der Waals surface area contributed by atoms with Crippen molar-refractivity contribution >= 4 is 23.4 Å². The number of para-hydroxylation sites is 1. The number of thioether (sulfide) groups is 1. The average molecular weight is 396 g/mol. The molecule has 7 heteroatoms. The molecule has 0 aliphatic carbocycles. The van der Waals surface area contributed by atoms with Crippen LogP contribution in [0.4, 0.5) is 5.69 Å². The summed E-state index contributed by atoms with van der Waals surface area (Å²) in [6.07, 6.45) is 0. The highest BCUT2D eigenvalue weighted by Crippen LogP contribution is 2.25. The number of anilines is 1. The van der Waals surface area contributed by atoms with E-state index in [1.807, 2.05) is 36.4 Å². The topological polar surface area (TPSA) is 72.7 Å². The molecule has 0 saturated carbocycles. The first-order chi connectivity index (χ1) is 13.5. The highest BCUT2D eigenvalue weighted by Gasteiger charge is 2.14. The van der Waals surface area contributed by atoms with E-state index >= 15 is 0 Å². The number of amides is 1. The van der Waals surface area contributed by atoms with E-state index in [2.05, 4.69) is 60.7 Å². The summed E-state index contributed by atoms with van der Waals surface area (Å²) in [6, 6.07) is 16.0. The summed E-state index contributed by atoms with van der Waals surface area (Å²) in [7, 11) is 0. The molecule has 146 valence electrons. The molecule has 28 heavy (non-hydrogen) atoms. The molecule has 0 fully saturated rings. The SMILES string of the molecule is CC(C)c1ccc(-n2nnnc2SCC(=O)Nc2ccccc2C(C)C)cc1. The molecule has 3 rings (SSSR count). The normalized spacial score (nSPS) is 11.2. The fourth-order valence-electron chi connectivity index (χ4n) is 2.86. The van der Waals surface area contributed by atoms with E-state index in [1.165, 1.54) is 17.3 Å². The maximum absolute atomic E-state index is 12.4. The number of aromatic nitrogens is 4. The molecule has 0 spiro atoms. The number of benzene rings is 2. The molecule has 0 saturated heterocycles. The van der Waals surface area contributed by atoms with Crippen molar-refractivity contribution < 1.29 is 4.79 Å². The van der Waals surface area contributed by atoms with Crippen LogP contribution in [0.25, 0.3) is 5.69 Å². The summed E-state index contributed by atoms with van der Waals surface area (Å²) in [5.74, 6) is 0.957. The summed E-state index contributed by atoms with van der Waals surface area (Å²) in [4.78, 5) is 12.4. The molecular formula is C21H25N5OS. The summed E-state index contributed by atoms with van der Waals surface area (Å²) in [5.41, 5.74) is 4.11. The van der Waals surface area contributed by atoms with Crippen LogP contribution in [0.15, 0.2) is 53.7 Å². The summed E-state index contributed by atoms with van der Waals surface area (Å²) < 4.78 is 1.66. The fourth-order valence-corrected chi connectivity index (χ4v) is 3.55. The third-order valence-corrected chi connectivity index (χ3v) is 5.35. The summed E-state index contributed by atoms with van der Waals surface area (Å²) in [5, 5.41) is 15.5. The van der Waals surface area contributed by atoms with E-state index in [0.717, 1.165) is 16.9 Å². The Hall–Kier alpha value is -2.67. The van der Waals surface area contributed by atoms with Crippen molar-refractivity contribution in [1.29, 1.82) is 0 Å². The quantitative estimate of drug-likeness (QED) is 0.590. The van der Waals surface area contributed by atoms with Gasteiger partial charge in [-0.25, -0.2) is 0 Å². The minimum Gasteiger partial charge on any atom is -0.325 e. The zero-order valence-electron chi connectivity index (χ0n) is 16.6. The molecule has 6 nitrogen and oxygen atoms in total. The molecule has 0 radical (unpaired) electrons. The van der Waals surface area contributed by atoms with Gasteiger partial charge < -0.3 is 5.32 Å². The van der Waals surface area contributed by atoms with Crippen LogP contribution in [0, 0.1) is 0 Å². The van der Waals surface area contributed by atoms with Crippen LogP contribution >= 0.6 is 11.8 Å². The lowest BCUT2D eigenvalue weighted by atomic mass is 10.0. The van der Waals surface area contributed by atoms with Crippen LogP contribution < -0.4 is 5.32 Å². The van der Waals surface area contributed by atoms with Crippen LogP contribution in [0.5, 0.6) is 0 Å². The highest BCUT2D eigenvalue weighted by molar-refractivity contribution is 7.99. The largest absolute Gasteiger partial charge is 0.325 e. The van der Waals surface area contributed by atoms with Gasteiger partial charge in [0.05, 0.1) is 11.4 Å². The molecule has 0 unspecified atom stereocenters. The predicted octanol–water partition coefficient (Wildman–Crippen LogP) is 4.64. The number of hydrogen-bond donors (Lipinski definition) is 1. The zero-order chi connectivity index (χ0) is 20.1. The maximum atomic E-state index is 12.4. The Morgan fingerprint density at radius 1 is 1.04 bits per heavy atom. The lowest BCUT2D eigenvalue weighted by Crippen LogP contribution is -2.16. The number of carbonyl (C=O) groups excluding carboxylic acids is 1. The van der Waals surface area contributed by atoms with Crippen LogP contribution in [-0.2, 0) is 4.79 Å². The number of rotatable bonds is 7. The van der Waals surface area contributed by atoms with Crippen LogP contribution in [0.2, 0.25) is 0 Å². The van der Waals surface area contributed by atoms with E-state index in [0.29, 0.717) is 17.0 Å². The molecule has 3 aromatic rings. The fraction of sp³-hybridized carbons (Fsp3) is 0.333. The number of nitrogens with one attached hydrogen (secondary N) is 1. The van der Waals surface area contributed by atoms with E-state index < -0.39 is 0 Å². The minimum atomic E-state index is -0.0807. The monoisotopic (exact) mass is 395 g/mol. The molecular weight excluding hydrogens is 370 g/mol. The van der Waals surface area contributed by atoms with Crippen molar-refractivity contribution in [2.45, 2.75) is 44.7 Å². The van der Waals surface area contributed by atoms with Crippen molar-refractivity contribution in [2.75, 3.05) is 11.1 Å². The summed E-state index contributed by atoms with van der Waals surface area (Å²) >= 11 is 1.32. The van der Waals surface area contributed by atoms with E-state index in [1.54, 1.807) is 4.68 Å². The minimum absolute atomic E-state index is 0.0807. The van der Waals surface area contributed by atoms with Crippen molar-refractivity contribution in [2.24, 2.45) is 0 Å². The van der Waals surface area contributed by atoms with Gasteiger partial charge in [-0.2, -0.15) is 4.68 Å². The van der Waals surface area contributed by atoms with Gasteiger partial charge in [-0.05, 0) is 51.6 Å². The first kappa shape index (κ1) is 20.1. The van der Waals surface area contributed by atoms with Gasteiger partial charge in [0.25, 0.3) is 0 Å². The van der Waals surface area contributed by atoms with Gasteiger partial charge in [-0.1, -0.05) is 69.8 Å². The van der Waals surface area contributed by atoms with Crippen molar-refractivity contribution in [1.82, 2.24) is 20.2 Å². The molecule has 1 amide bonds. The van der Waals surface area contributed by atoms with Crippen molar-refractivity contribution in [3.8, 4) is 5.69 Å². The first-order valence-electron chi connectivity index (χ1n) is 9.36. The Morgan fingerprint density at radius 2 is 1.75 bits per heavy atom. The second-order valence-electron chi connectivity index (χ2n) is 7.20. The van der Waals surface area contributed by atoms with Gasteiger partial charge in [0.2, 0.25) is 11.1 Å². The molecule has 1 heterocycles. The molecule has 2 aromatic carbocycles. The second kappa shape index (κ2) is 9.01. The zero-order valence-corrected chi connectivity index (χ0v) is 17.4. The average Bonchev–Trinajstić information content (AvgIpc) is 3.15. The van der Waals surface area contributed by atoms with Gasteiger partial charge in [0.15, 0.2) is 0 Å². The standard InChI is InChI=1S/C21H25N5OS/c1-14(2)16-9-11-17(12-10-16)26-21(23-24-25-26)28-13-20(27)22-19-8-6-5-7-18(19)15(3)4/h5-12,14-15H,13H2,1-4H3,(H,22,27). The third kappa shape index (κ3) is 4.78. The second-order valence-corrected chi connectivity index (χ2v) is 8.14. The smallest absolute Gasteiger partial charge is 0.234 e. The van der Waals surface area contributed by atoms with Crippen molar-refractivity contribution in [3.05, 3.63) is 59.7 Å². The Balaban J connectivity index is 1.66. The molecule has 1 aromatic heterocycles. The molecule has 0 bridgehead atoms. The molecule has 0 atom stereocenters. The number of tetrazole rings is 1. The number of nitrogens with zero attached hydrogens (tertiary/aromatic N) is 4. The third-order valence-electron chi connectivity index (χ3n) is 4.43. The first-order valence-corrected chi connectivity index (χ1v) is 10.3.